The maximum absolute atomic E-state index is 3.43. The van der Waals surface area contributed by atoms with Crippen LogP contribution >= 0.6 is 0 Å². The molecule has 1 aliphatic heterocycles. The van der Waals surface area contributed by atoms with E-state index in [1.165, 1.54) is 32.9 Å². The maximum atomic E-state index is 3.43. The minimum Gasteiger partial charge on any atom is -0.361 e. The van der Waals surface area contributed by atoms with E-state index in [0.29, 0.717) is 12.1 Å². The van der Waals surface area contributed by atoms with Crippen LogP contribution in [-0.4, -0.2) is 47.0 Å². The number of para-hydroxylation sites is 2. The van der Waals surface area contributed by atoms with E-state index in [-0.39, 0.29) is 0 Å². The Balaban J connectivity index is 1.48. The third kappa shape index (κ3) is 2.37. The van der Waals surface area contributed by atoms with E-state index in [1.807, 2.05) is 0 Å². The first-order valence-electron chi connectivity index (χ1n) is 9.25. The Morgan fingerprint density at radius 1 is 0.692 bits per heavy atom. The van der Waals surface area contributed by atoms with Crippen molar-refractivity contribution < 1.29 is 0 Å². The van der Waals surface area contributed by atoms with Crippen molar-refractivity contribution in [2.75, 3.05) is 27.2 Å². The summed E-state index contributed by atoms with van der Waals surface area (Å²) in [7, 11) is 4.50. The van der Waals surface area contributed by atoms with Crippen molar-refractivity contribution in [3.05, 3.63) is 72.1 Å². The fourth-order valence-corrected chi connectivity index (χ4v) is 4.49. The first-order valence-corrected chi connectivity index (χ1v) is 9.25. The van der Waals surface area contributed by atoms with Gasteiger partial charge in [0.25, 0.3) is 0 Å². The van der Waals surface area contributed by atoms with Crippen molar-refractivity contribution >= 4 is 21.8 Å². The Morgan fingerprint density at radius 2 is 1.12 bits per heavy atom. The monoisotopic (exact) mass is 344 g/mol. The summed E-state index contributed by atoms with van der Waals surface area (Å²) in [5, 5.41) is 2.67. The number of aromatic nitrogens is 2. The number of aromatic amines is 2. The van der Waals surface area contributed by atoms with Crippen LogP contribution in [0.2, 0.25) is 0 Å². The Morgan fingerprint density at radius 3 is 1.58 bits per heavy atom. The Hall–Kier alpha value is -2.56. The third-order valence-corrected chi connectivity index (χ3v) is 5.95. The highest BCUT2D eigenvalue weighted by Crippen LogP contribution is 2.37. The molecule has 3 heterocycles. The molecule has 2 atom stereocenters. The van der Waals surface area contributed by atoms with Crippen LogP contribution in [-0.2, 0) is 0 Å². The minimum atomic E-state index is 0.401. The average molecular weight is 344 g/mol. The number of fused-ring (bicyclic) bond motifs is 2. The van der Waals surface area contributed by atoms with Crippen molar-refractivity contribution in [1.29, 1.82) is 0 Å². The zero-order valence-electron chi connectivity index (χ0n) is 15.2. The normalized spacial score (nSPS) is 22.4. The van der Waals surface area contributed by atoms with Gasteiger partial charge in [0.1, 0.15) is 0 Å². The fraction of sp³-hybridized carbons (Fsp3) is 0.273. The number of rotatable bonds is 2. The molecule has 0 unspecified atom stereocenters. The lowest BCUT2D eigenvalue weighted by Crippen LogP contribution is -2.46. The molecular weight excluding hydrogens is 320 g/mol. The molecule has 1 aliphatic rings. The molecule has 2 aromatic carbocycles. The molecule has 0 aliphatic carbocycles. The number of nitrogens with zero attached hydrogens (tertiary/aromatic N) is 2. The molecule has 0 radical (unpaired) electrons. The van der Waals surface area contributed by atoms with E-state index < -0.39 is 0 Å². The highest BCUT2D eigenvalue weighted by atomic mass is 15.3. The predicted octanol–water partition coefficient (Wildman–Crippen LogP) is 4.31. The Labute approximate surface area is 153 Å². The van der Waals surface area contributed by atoms with Crippen LogP contribution in [0.1, 0.15) is 23.2 Å². The highest BCUT2D eigenvalue weighted by Gasteiger charge is 2.33. The molecule has 0 saturated carbocycles. The summed E-state index contributed by atoms with van der Waals surface area (Å²) in [6.07, 6.45) is 4.37. The van der Waals surface area contributed by atoms with E-state index in [0.717, 1.165) is 13.1 Å². The van der Waals surface area contributed by atoms with Crippen LogP contribution in [0.5, 0.6) is 0 Å². The van der Waals surface area contributed by atoms with Crippen molar-refractivity contribution in [2.24, 2.45) is 0 Å². The van der Waals surface area contributed by atoms with Gasteiger partial charge in [-0.25, -0.2) is 0 Å². The summed E-state index contributed by atoms with van der Waals surface area (Å²) in [4.78, 5) is 11.9. The topological polar surface area (TPSA) is 38.1 Å². The first kappa shape index (κ1) is 15.7. The molecule has 5 rings (SSSR count). The standard InChI is InChI=1S/C22H24N4/c1-25-13-22(18-12-24-20-10-6-4-8-16(18)20)26(2)14-21(25)17-11-23-19-9-5-3-7-15(17)19/h3-12,21-24H,13-14H2,1-2H3/t21-,22-/m1/s1. The van der Waals surface area contributed by atoms with Gasteiger partial charge in [-0.2, -0.15) is 0 Å². The van der Waals surface area contributed by atoms with E-state index in [2.05, 4.69) is 94.8 Å². The molecule has 1 saturated heterocycles. The molecular formula is C22H24N4. The van der Waals surface area contributed by atoms with E-state index in [1.54, 1.807) is 0 Å². The summed E-state index contributed by atoms with van der Waals surface area (Å²) in [6, 6.07) is 18.0. The maximum Gasteiger partial charge on any atom is 0.0494 e. The lowest BCUT2D eigenvalue weighted by Gasteiger charge is -2.43. The van der Waals surface area contributed by atoms with E-state index in [4.69, 9.17) is 0 Å². The van der Waals surface area contributed by atoms with Crippen molar-refractivity contribution in [1.82, 2.24) is 19.8 Å². The van der Waals surface area contributed by atoms with E-state index >= 15 is 0 Å². The van der Waals surface area contributed by atoms with Crippen LogP contribution in [0.3, 0.4) is 0 Å². The number of hydrogen-bond acceptors (Lipinski definition) is 2. The molecule has 26 heavy (non-hydrogen) atoms. The van der Waals surface area contributed by atoms with Gasteiger partial charge in [-0.1, -0.05) is 36.4 Å². The van der Waals surface area contributed by atoms with E-state index in [9.17, 15) is 0 Å². The number of hydrogen-bond donors (Lipinski definition) is 2. The molecule has 4 aromatic rings. The lowest BCUT2D eigenvalue weighted by molar-refractivity contribution is 0.0636. The van der Waals surface area contributed by atoms with Gasteiger partial charge in [-0.15, -0.1) is 0 Å². The average Bonchev–Trinajstić information content (AvgIpc) is 3.27. The van der Waals surface area contributed by atoms with Gasteiger partial charge in [0.2, 0.25) is 0 Å². The summed E-state index contributed by atoms with van der Waals surface area (Å²) in [5.41, 5.74) is 5.23. The SMILES string of the molecule is CN1C[C@H](c2c[nH]c3ccccc23)N(C)C[C@@H]1c1c[nH]c2ccccc12. The van der Waals surface area contributed by atoms with Crippen LogP contribution in [0.4, 0.5) is 0 Å². The lowest BCUT2D eigenvalue weighted by atomic mass is 9.96. The molecule has 0 amide bonds. The van der Waals surface area contributed by atoms with Gasteiger partial charge in [0.05, 0.1) is 0 Å². The Bertz CT molecular complexity index is 974. The second-order valence-electron chi connectivity index (χ2n) is 7.49. The number of H-pyrrole nitrogens is 2. The predicted molar refractivity (Wildman–Crippen MR) is 107 cm³/mol. The molecule has 132 valence electrons. The summed E-state index contributed by atoms with van der Waals surface area (Å²) < 4.78 is 0. The number of likely N-dealkylation sites (N-methyl/N-ethyl adjacent to an activating group) is 2. The quantitative estimate of drug-likeness (QED) is 0.569. The molecule has 2 aromatic heterocycles. The molecule has 0 bridgehead atoms. The van der Waals surface area contributed by atoms with Crippen molar-refractivity contribution in [3.8, 4) is 0 Å². The summed E-state index contributed by atoms with van der Waals surface area (Å²) >= 11 is 0. The van der Waals surface area contributed by atoms with Gasteiger partial charge in [0, 0.05) is 59.4 Å². The van der Waals surface area contributed by atoms with Crippen molar-refractivity contribution in [2.45, 2.75) is 12.1 Å². The largest absolute Gasteiger partial charge is 0.361 e. The number of benzene rings is 2. The second kappa shape index (κ2) is 6.01. The minimum absolute atomic E-state index is 0.401. The molecule has 0 spiro atoms. The van der Waals surface area contributed by atoms with Crippen LogP contribution in [0.25, 0.3) is 21.8 Å². The highest BCUT2D eigenvalue weighted by molar-refractivity contribution is 5.84. The fourth-order valence-electron chi connectivity index (χ4n) is 4.49. The van der Waals surface area contributed by atoms with Crippen LogP contribution < -0.4 is 0 Å². The zero-order chi connectivity index (χ0) is 17.7. The zero-order valence-corrected chi connectivity index (χ0v) is 15.2. The molecule has 4 nitrogen and oxygen atoms in total. The number of nitrogens with one attached hydrogen (secondary N) is 2. The Kier molecular flexibility index (Phi) is 3.62. The molecule has 4 heteroatoms. The van der Waals surface area contributed by atoms with Crippen LogP contribution in [0.15, 0.2) is 60.9 Å². The van der Waals surface area contributed by atoms with Crippen molar-refractivity contribution in [3.63, 3.8) is 0 Å². The van der Waals surface area contributed by atoms with Crippen LogP contribution in [0, 0.1) is 0 Å². The van der Waals surface area contributed by atoms with Gasteiger partial charge in [0.15, 0.2) is 0 Å². The third-order valence-electron chi connectivity index (χ3n) is 5.95. The number of piperazine rings is 1. The first-order chi connectivity index (χ1) is 12.7. The van der Waals surface area contributed by atoms with Gasteiger partial charge < -0.3 is 9.97 Å². The molecule has 2 N–H and O–H groups in total. The summed E-state index contributed by atoms with van der Waals surface area (Å²) in [6.45, 7) is 2.03. The second-order valence-corrected chi connectivity index (χ2v) is 7.49. The van der Waals surface area contributed by atoms with Gasteiger partial charge in [-0.3, -0.25) is 9.80 Å². The summed E-state index contributed by atoms with van der Waals surface area (Å²) in [5.74, 6) is 0. The van der Waals surface area contributed by atoms with Gasteiger partial charge >= 0.3 is 0 Å². The van der Waals surface area contributed by atoms with Gasteiger partial charge in [-0.05, 0) is 37.4 Å². The molecule has 1 fully saturated rings. The smallest absolute Gasteiger partial charge is 0.0494 e.